The van der Waals surface area contributed by atoms with Gasteiger partial charge in [0.2, 0.25) is 0 Å². The highest BCUT2D eigenvalue weighted by molar-refractivity contribution is 5.31. The third-order valence-corrected chi connectivity index (χ3v) is 1.98. The summed E-state index contributed by atoms with van der Waals surface area (Å²) >= 11 is 0. The second-order valence-electron chi connectivity index (χ2n) is 3.26. The molecule has 1 rings (SSSR count). The Kier molecular flexibility index (Phi) is 4.49. The Morgan fingerprint density at radius 2 is 2.00 bits per heavy atom. The lowest BCUT2D eigenvalue weighted by atomic mass is 10.1. The van der Waals surface area contributed by atoms with Gasteiger partial charge in [0.1, 0.15) is 5.82 Å². The summed E-state index contributed by atoms with van der Waals surface area (Å²) in [6.45, 7) is 2.58. The predicted octanol–water partition coefficient (Wildman–Crippen LogP) is 2.25. The number of halogens is 2. The number of hydrogen-bond acceptors (Lipinski definition) is 2. The van der Waals surface area contributed by atoms with E-state index in [1.165, 1.54) is 0 Å². The second kappa shape index (κ2) is 5.66. The molecule has 0 amide bonds. The molecule has 0 saturated heterocycles. The van der Waals surface area contributed by atoms with Crippen LogP contribution in [0.15, 0.2) is 12.1 Å². The van der Waals surface area contributed by atoms with Gasteiger partial charge in [-0.05, 0) is 31.0 Å². The summed E-state index contributed by atoms with van der Waals surface area (Å²) in [5, 5.41) is 0. The first-order valence-electron chi connectivity index (χ1n) is 4.99. The van der Waals surface area contributed by atoms with Crippen LogP contribution in [0, 0.1) is 11.6 Å². The van der Waals surface area contributed by atoms with Crippen LogP contribution in [-0.2, 0) is 6.42 Å². The molecule has 4 heteroatoms. The fourth-order valence-electron chi connectivity index (χ4n) is 1.24. The first-order valence-corrected chi connectivity index (χ1v) is 4.99. The lowest BCUT2D eigenvalue weighted by Gasteiger charge is -2.08. The Morgan fingerprint density at radius 3 is 2.60 bits per heavy atom. The molecule has 0 aliphatic carbocycles. The van der Waals surface area contributed by atoms with Gasteiger partial charge in [0.15, 0.2) is 11.6 Å². The summed E-state index contributed by atoms with van der Waals surface area (Å²) in [5.41, 5.74) is 5.57. The molecule has 0 heterocycles. The Labute approximate surface area is 88.0 Å². The lowest BCUT2D eigenvalue weighted by Crippen LogP contribution is -2.06. The molecule has 0 saturated carbocycles. The van der Waals surface area contributed by atoms with Crippen LogP contribution < -0.4 is 10.5 Å². The van der Waals surface area contributed by atoms with Crippen LogP contribution in [0.5, 0.6) is 5.75 Å². The van der Waals surface area contributed by atoms with Gasteiger partial charge in [0.25, 0.3) is 0 Å². The van der Waals surface area contributed by atoms with Crippen molar-refractivity contribution >= 4 is 0 Å². The minimum absolute atomic E-state index is 0.0323. The highest BCUT2D eigenvalue weighted by Crippen LogP contribution is 2.21. The van der Waals surface area contributed by atoms with Crippen LogP contribution in [-0.4, -0.2) is 13.2 Å². The Bertz CT molecular complexity index is 329. The van der Waals surface area contributed by atoms with E-state index in [1.54, 1.807) is 0 Å². The number of benzene rings is 1. The molecule has 2 N–H and O–H groups in total. The van der Waals surface area contributed by atoms with Gasteiger partial charge < -0.3 is 10.5 Å². The van der Waals surface area contributed by atoms with Crippen LogP contribution in [0.3, 0.4) is 0 Å². The van der Waals surface area contributed by atoms with E-state index in [9.17, 15) is 8.78 Å². The van der Waals surface area contributed by atoms with E-state index in [2.05, 4.69) is 0 Å². The van der Waals surface area contributed by atoms with E-state index in [-0.39, 0.29) is 5.75 Å². The molecule has 1 aromatic rings. The zero-order chi connectivity index (χ0) is 11.3. The Balaban J connectivity index is 2.87. The highest BCUT2D eigenvalue weighted by Gasteiger charge is 2.10. The van der Waals surface area contributed by atoms with E-state index in [1.807, 2.05) is 6.92 Å². The van der Waals surface area contributed by atoms with Crippen LogP contribution in [0.2, 0.25) is 0 Å². The smallest absolute Gasteiger partial charge is 0.165 e. The Morgan fingerprint density at radius 1 is 1.27 bits per heavy atom. The molecule has 1 aromatic carbocycles. The van der Waals surface area contributed by atoms with Gasteiger partial charge in [-0.2, -0.15) is 0 Å². The fourth-order valence-corrected chi connectivity index (χ4v) is 1.24. The number of ether oxygens (including phenoxy) is 1. The number of hydrogen-bond donors (Lipinski definition) is 1. The quantitative estimate of drug-likeness (QED) is 0.817. The normalized spacial score (nSPS) is 10.4. The van der Waals surface area contributed by atoms with Gasteiger partial charge >= 0.3 is 0 Å². The summed E-state index contributed by atoms with van der Waals surface area (Å²) in [6.07, 6.45) is 1.09. The maximum atomic E-state index is 13.3. The first-order chi connectivity index (χ1) is 7.19. The topological polar surface area (TPSA) is 35.2 Å². The van der Waals surface area contributed by atoms with Crippen molar-refractivity contribution in [2.75, 3.05) is 13.2 Å². The summed E-state index contributed by atoms with van der Waals surface area (Å²) in [4.78, 5) is 0. The molecule has 2 nitrogen and oxygen atoms in total. The van der Waals surface area contributed by atoms with Gasteiger partial charge in [-0.15, -0.1) is 0 Å². The molecule has 0 aliphatic heterocycles. The van der Waals surface area contributed by atoms with Crippen molar-refractivity contribution in [2.24, 2.45) is 5.73 Å². The third kappa shape index (κ3) is 3.16. The average molecular weight is 215 g/mol. The SMILES string of the molecule is CCCOc1cc(F)c(CCN)cc1F. The van der Waals surface area contributed by atoms with Crippen LogP contribution >= 0.6 is 0 Å². The average Bonchev–Trinajstić information content (AvgIpc) is 2.21. The van der Waals surface area contributed by atoms with E-state index >= 15 is 0 Å². The van der Waals surface area contributed by atoms with Gasteiger partial charge in [-0.1, -0.05) is 6.92 Å². The van der Waals surface area contributed by atoms with E-state index in [0.717, 1.165) is 18.6 Å². The molecular weight excluding hydrogens is 200 g/mol. The first kappa shape index (κ1) is 11.9. The van der Waals surface area contributed by atoms with Crippen molar-refractivity contribution < 1.29 is 13.5 Å². The second-order valence-corrected chi connectivity index (χ2v) is 3.26. The minimum Gasteiger partial charge on any atom is -0.490 e. The van der Waals surface area contributed by atoms with Crippen molar-refractivity contribution in [1.29, 1.82) is 0 Å². The summed E-state index contributed by atoms with van der Waals surface area (Å²) in [5.74, 6) is -1.03. The van der Waals surface area contributed by atoms with Crippen LogP contribution in [0.1, 0.15) is 18.9 Å². The molecule has 0 fully saturated rings. The maximum Gasteiger partial charge on any atom is 0.165 e. The summed E-state index contributed by atoms with van der Waals surface area (Å²) < 4.78 is 31.7. The van der Waals surface area contributed by atoms with E-state index in [0.29, 0.717) is 25.1 Å². The molecule has 0 aromatic heterocycles. The molecule has 0 unspecified atom stereocenters. The summed E-state index contributed by atoms with van der Waals surface area (Å²) in [6, 6.07) is 2.23. The monoisotopic (exact) mass is 215 g/mol. The standard InChI is InChI=1S/C11H15F2NO/c1-2-5-15-11-7-9(12)8(3-4-14)6-10(11)13/h6-7H,2-5,14H2,1H3. The van der Waals surface area contributed by atoms with Gasteiger partial charge in [-0.3, -0.25) is 0 Å². The predicted molar refractivity (Wildman–Crippen MR) is 54.9 cm³/mol. The fraction of sp³-hybridized carbons (Fsp3) is 0.455. The highest BCUT2D eigenvalue weighted by atomic mass is 19.1. The van der Waals surface area contributed by atoms with Crippen LogP contribution in [0.4, 0.5) is 8.78 Å². The molecule has 0 aliphatic rings. The molecule has 15 heavy (non-hydrogen) atoms. The van der Waals surface area contributed by atoms with E-state index in [4.69, 9.17) is 10.5 Å². The molecule has 0 bridgehead atoms. The summed E-state index contributed by atoms with van der Waals surface area (Å²) in [7, 11) is 0. The maximum absolute atomic E-state index is 13.3. The van der Waals surface area contributed by atoms with Crippen molar-refractivity contribution in [2.45, 2.75) is 19.8 Å². The largest absolute Gasteiger partial charge is 0.490 e. The third-order valence-electron chi connectivity index (χ3n) is 1.98. The van der Waals surface area contributed by atoms with Gasteiger partial charge in [0, 0.05) is 6.07 Å². The molecular formula is C11H15F2NO. The minimum atomic E-state index is -0.534. The molecule has 0 radical (unpaired) electrons. The molecule has 0 atom stereocenters. The van der Waals surface area contributed by atoms with Crippen molar-refractivity contribution in [3.63, 3.8) is 0 Å². The van der Waals surface area contributed by atoms with Crippen molar-refractivity contribution in [1.82, 2.24) is 0 Å². The van der Waals surface area contributed by atoms with Crippen LogP contribution in [0.25, 0.3) is 0 Å². The molecule has 84 valence electrons. The van der Waals surface area contributed by atoms with E-state index < -0.39 is 11.6 Å². The van der Waals surface area contributed by atoms with Gasteiger partial charge in [0.05, 0.1) is 6.61 Å². The van der Waals surface area contributed by atoms with Crippen molar-refractivity contribution in [3.05, 3.63) is 29.3 Å². The zero-order valence-corrected chi connectivity index (χ0v) is 8.72. The van der Waals surface area contributed by atoms with Gasteiger partial charge in [-0.25, -0.2) is 8.78 Å². The number of nitrogens with two attached hydrogens (primary N) is 1. The lowest BCUT2D eigenvalue weighted by molar-refractivity contribution is 0.299. The molecule has 0 spiro atoms. The Hall–Kier alpha value is -1.16. The van der Waals surface area contributed by atoms with Crippen molar-refractivity contribution in [3.8, 4) is 5.75 Å². The zero-order valence-electron chi connectivity index (χ0n) is 8.72. The number of rotatable bonds is 5.